The SMILES string of the molecule is CC(O)c1ccc(F)cc1OCc1cc(F)ccc1F. The van der Waals surface area contributed by atoms with Gasteiger partial charge < -0.3 is 9.84 Å². The van der Waals surface area contributed by atoms with Gasteiger partial charge in [-0.05, 0) is 37.3 Å². The summed E-state index contributed by atoms with van der Waals surface area (Å²) in [5.41, 5.74) is 0.397. The quantitative estimate of drug-likeness (QED) is 0.925. The molecule has 106 valence electrons. The van der Waals surface area contributed by atoms with Gasteiger partial charge >= 0.3 is 0 Å². The Morgan fingerprint density at radius 3 is 2.40 bits per heavy atom. The van der Waals surface area contributed by atoms with Gasteiger partial charge in [-0.3, -0.25) is 0 Å². The third-order valence-corrected chi connectivity index (χ3v) is 2.82. The highest BCUT2D eigenvalue weighted by Crippen LogP contribution is 2.27. The van der Waals surface area contributed by atoms with Crippen molar-refractivity contribution in [1.82, 2.24) is 0 Å². The van der Waals surface area contributed by atoms with Crippen LogP contribution >= 0.6 is 0 Å². The first-order valence-electron chi connectivity index (χ1n) is 6.01. The van der Waals surface area contributed by atoms with Gasteiger partial charge in [-0.2, -0.15) is 0 Å². The molecule has 1 atom stereocenters. The van der Waals surface area contributed by atoms with Gasteiger partial charge in [0.05, 0.1) is 6.10 Å². The molecule has 2 rings (SSSR count). The van der Waals surface area contributed by atoms with Crippen molar-refractivity contribution in [3.63, 3.8) is 0 Å². The Bertz CT molecular complexity index is 612. The molecular weight excluding hydrogens is 269 g/mol. The minimum atomic E-state index is -0.858. The molecule has 0 fully saturated rings. The molecule has 0 saturated carbocycles. The van der Waals surface area contributed by atoms with Crippen molar-refractivity contribution in [1.29, 1.82) is 0 Å². The molecule has 1 N–H and O–H groups in total. The Kier molecular flexibility index (Phi) is 4.29. The largest absolute Gasteiger partial charge is 0.488 e. The maximum absolute atomic E-state index is 13.4. The summed E-state index contributed by atoms with van der Waals surface area (Å²) >= 11 is 0. The van der Waals surface area contributed by atoms with Crippen molar-refractivity contribution in [3.8, 4) is 5.75 Å². The lowest BCUT2D eigenvalue weighted by Gasteiger charge is -2.14. The number of benzene rings is 2. The number of aliphatic hydroxyl groups excluding tert-OH is 1. The van der Waals surface area contributed by atoms with E-state index in [0.29, 0.717) is 5.56 Å². The van der Waals surface area contributed by atoms with Crippen LogP contribution in [0.25, 0.3) is 0 Å². The van der Waals surface area contributed by atoms with E-state index in [-0.39, 0.29) is 17.9 Å². The third kappa shape index (κ3) is 3.30. The van der Waals surface area contributed by atoms with Gasteiger partial charge in [0.2, 0.25) is 0 Å². The van der Waals surface area contributed by atoms with Crippen LogP contribution in [0.3, 0.4) is 0 Å². The molecule has 0 aliphatic heterocycles. The summed E-state index contributed by atoms with van der Waals surface area (Å²) in [6, 6.07) is 6.68. The lowest BCUT2D eigenvalue weighted by molar-refractivity contribution is 0.189. The Morgan fingerprint density at radius 1 is 1.05 bits per heavy atom. The number of hydrogen-bond acceptors (Lipinski definition) is 2. The van der Waals surface area contributed by atoms with Gasteiger partial charge in [0.1, 0.15) is 29.8 Å². The lowest BCUT2D eigenvalue weighted by atomic mass is 10.1. The van der Waals surface area contributed by atoms with E-state index in [1.165, 1.54) is 19.1 Å². The molecule has 0 aliphatic rings. The number of aliphatic hydroxyl groups is 1. The van der Waals surface area contributed by atoms with Gasteiger partial charge in [-0.1, -0.05) is 0 Å². The highest BCUT2D eigenvalue weighted by molar-refractivity contribution is 5.35. The van der Waals surface area contributed by atoms with E-state index >= 15 is 0 Å². The van der Waals surface area contributed by atoms with Crippen LogP contribution in [-0.4, -0.2) is 5.11 Å². The zero-order valence-electron chi connectivity index (χ0n) is 10.7. The molecule has 1 unspecified atom stereocenters. The molecule has 0 saturated heterocycles. The molecule has 2 aromatic carbocycles. The van der Waals surface area contributed by atoms with Gasteiger partial charge in [-0.15, -0.1) is 0 Å². The van der Waals surface area contributed by atoms with Crippen LogP contribution in [0.4, 0.5) is 13.2 Å². The molecule has 20 heavy (non-hydrogen) atoms. The molecule has 5 heteroatoms. The first-order chi connectivity index (χ1) is 9.47. The molecular formula is C15H13F3O2. The highest BCUT2D eigenvalue weighted by atomic mass is 19.1. The molecule has 2 aromatic rings. The second-order valence-corrected chi connectivity index (χ2v) is 4.38. The van der Waals surface area contributed by atoms with Gasteiger partial charge in [0, 0.05) is 17.2 Å². The Hall–Kier alpha value is -2.01. The van der Waals surface area contributed by atoms with Crippen LogP contribution in [-0.2, 0) is 6.61 Å². The van der Waals surface area contributed by atoms with Crippen LogP contribution < -0.4 is 4.74 Å². The minimum absolute atomic E-state index is 0.0193. The number of halogens is 3. The first kappa shape index (κ1) is 14.4. The van der Waals surface area contributed by atoms with E-state index in [1.54, 1.807) is 0 Å². The zero-order chi connectivity index (χ0) is 14.7. The van der Waals surface area contributed by atoms with E-state index in [4.69, 9.17) is 4.74 Å². The van der Waals surface area contributed by atoms with Crippen LogP contribution in [0.1, 0.15) is 24.2 Å². The fourth-order valence-electron chi connectivity index (χ4n) is 1.79. The van der Waals surface area contributed by atoms with E-state index in [1.807, 2.05) is 0 Å². The average molecular weight is 282 g/mol. The number of hydrogen-bond donors (Lipinski definition) is 1. The summed E-state index contributed by atoms with van der Waals surface area (Å²) in [5.74, 6) is -1.63. The standard InChI is InChI=1S/C15H13F3O2/c1-9(19)13-4-2-12(17)7-15(13)20-8-10-6-11(16)3-5-14(10)18/h2-7,9,19H,8H2,1H3. The second kappa shape index (κ2) is 5.96. The summed E-state index contributed by atoms with van der Waals surface area (Å²) in [7, 11) is 0. The average Bonchev–Trinajstić information content (AvgIpc) is 2.39. The fourth-order valence-corrected chi connectivity index (χ4v) is 1.79. The molecule has 0 heterocycles. The van der Waals surface area contributed by atoms with Crippen molar-refractivity contribution in [2.45, 2.75) is 19.6 Å². The third-order valence-electron chi connectivity index (χ3n) is 2.82. The summed E-state index contributed by atoms with van der Waals surface area (Å²) < 4.78 is 44.9. The normalized spacial score (nSPS) is 12.2. The molecule has 2 nitrogen and oxygen atoms in total. The van der Waals surface area contributed by atoms with Crippen LogP contribution in [0.15, 0.2) is 36.4 Å². The summed E-state index contributed by atoms with van der Waals surface area (Å²) in [4.78, 5) is 0. The van der Waals surface area contributed by atoms with Crippen molar-refractivity contribution in [3.05, 3.63) is 65.0 Å². The van der Waals surface area contributed by atoms with E-state index in [0.717, 1.165) is 24.3 Å². The number of ether oxygens (including phenoxy) is 1. The molecule has 0 aliphatic carbocycles. The van der Waals surface area contributed by atoms with Gasteiger partial charge in [0.25, 0.3) is 0 Å². The van der Waals surface area contributed by atoms with Crippen LogP contribution in [0.5, 0.6) is 5.75 Å². The van der Waals surface area contributed by atoms with E-state index < -0.39 is 23.6 Å². The molecule has 0 radical (unpaired) electrons. The monoisotopic (exact) mass is 282 g/mol. The Labute approximate surface area is 114 Å². The van der Waals surface area contributed by atoms with Gasteiger partial charge in [0.15, 0.2) is 0 Å². The number of rotatable bonds is 4. The van der Waals surface area contributed by atoms with Crippen molar-refractivity contribution in [2.24, 2.45) is 0 Å². The molecule has 0 spiro atoms. The van der Waals surface area contributed by atoms with Crippen LogP contribution in [0.2, 0.25) is 0 Å². The smallest absolute Gasteiger partial charge is 0.130 e. The second-order valence-electron chi connectivity index (χ2n) is 4.38. The van der Waals surface area contributed by atoms with E-state index in [2.05, 4.69) is 0 Å². The molecule has 0 aromatic heterocycles. The summed E-state index contributed by atoms with van der Waals surface area (Å²) in [5, 5.41) is 9.55. The highest BCUT2D eigenvalue weighted by Gasteiger charge is 2.12. The van der Waals surface area contributed by atoms with Gasteiger partial charge in [-0.25, -0.2) is 13.2 Å². The Balaban J connectivity index is 2.22. The predicted octanol–water partition coefficient (Wildman–Crippen LogP) is 3.74. The first-order valence-corrected chi connectivity index (χ1v) is 6.01. The van der Waals surface area contributed by atoms with Crippen LogP contribution in [0, 0.1) is 17.5 Å². The van der Waals surface area contributed by atoms with Crippen molar-refractivity contribution in [2.75, 3.05) is 0 Å². The van der Waals surface area contributed by atoms with Crippen molar-refractivity contribution < 1.29 is 23.0 Å². The maximum atomic E-state index is 13.4. The topological polar surface area (TPSA) is 29.5 Å². The maximum Gasteiger partial charge on any atom is 0.130 e. The zero-order valence-corrected chi connectivity index (χ0v) is 10.7. The lowest BCUT2D eigenvalue weighted by Crippen LogP contribution is -2.03. The van der Waals surface area contributed by atoms with E-state index in [9.17, 15) is 18.3 Å². The van der Waals surface area contributed by atoms with Crippen molar-refractivity contribution >= 4 is 0 Å². The molecule has 0 bridgehead atoms. The summed E-state index contributed by atoms with van der Waals surface area (Å²) in [6.45, 7) is 1.25. The fraction of sp³-hybridized carbons (Fsp3) is 0.200. The Morgan fingerprint density at radius 2 is 1.70 bits per heavy atom. The summed E-state index contributed by atoms with van der Waals surface area (Å²) in [6.07, 6.45) is -0.858. The minimum Gasteiger partial charge on any atom is -0.488 e. The molecule has 0 amide bonds. The predicted molar refractivity (Wildman–Crippen MR) is 67.7 cm³/mol.